The Bertz CT molecular complexity index is 1560. The molecule has 1 saturated heterocycles. The van der Waals surface area contributed by atoms with Crippen LogP contribution in [0.15, 0.2) is 24.3 Å². The van der Waals surface area contributed by atoms with E-state index in [1.165, 1.54) is 76.3 Å². The Kier molecular flexibility index (Phi) is 48.3. The maximum atomic E-state index is 14.3. The van der Waals surface area contributed by atoms with Crippen molar-refractivity contribution in [3.63, 3.8) is 0 Å². The zero-order valence-corrected chi connectivity index (χ0v) is 52.5. The molecule has 0 saturated carbocycles. The van der Waals surface area contributed by atoms with Crippen molar-refractivity contribution in [1.82, 2.24) is 10.6 Å². The monoisotopic (exact) mass is 1130 g/mol. The summed E-state index contributed by atoms with van der Waals surface area (Å²) in [6.45, 7) is 20.0. The summed E-state index contributed by atoms with van der Waals surface area (Å²) >= 11 is 0. The van der Waals surface area contributed by atoms with Crippen molar-refractivity contribution in [3.8, 4) is 0 Å². The molecule has 0 aliphatic carbocycles. The molecule has 2 N–H and O–H groups in total. The van der Waals surface area contributed by atoms with Gasteiger partial charge in [0.05, 0.1) is 25.4 Å². The number of hydrogen-bond acceptors (Lipinski definition) is 10. The van der Waals surface area contributed by atoms with E-state index in [2.05, 4.69) is 59.1 Å². The summed E-state index contributed by atoms with van der Waals surface area (Å²) in [4.78, 5) is 26.6. The Labute approximate surface area is 489 Å². The molecule has 0 bridgehead atoms. The van der Waals surface area contributed by atoms with Crippen molar-refractivity contribution < 1.29 is 51.9 Å². The van der Waals surface area contributed by atoms with Crippen LogP contribution in [0.3, 0.4) is 0 Å². The van der Waals surface area contributed by atoms with Crippen LogP contribution in [-0.4, -0.2) is 120 Å². The van der Waals surface area contributed by atoms with Crippen LogP contribution < -0.4 is 10.6 Å². The standard InChI is InChI=1S/C67H123FN2O10/c1-8-15-22-23-24-25-26-27-29-32-35-38-44-59(74-48-17-10-3)62(75-49-18-11-4)58(70-61(71)45-39-36-33-30-28-31-34-37-40-46-69-66(72)56-42-41-43-57(68)53-56)54-79-67-65(78-52-21-14-7)64(77-51-20-13-6)63(76-50-19-12-5)60(80-67)55-73-47-16-9-2/h41-43,53,58-60,62-65,67H,8-40,44-52,54-55H2,1-7H3,(H,69,72)(H,70,71)/t58-,59+,60?,62-,63-,64-,65?,67-/m0/s1. The Balaban J connectivity index is 2.30. The Morgan fingerprint density at radius 3 is 1.59 bits per heavy atom. The van der Waals surface area contributed by atoms with Gasteiger partial charge in [-0.25, -0.2) is 4.39 Å². The van der Waals surface area contributed by atoms with Gasteiger partial charge in [0.2, 0.25) is 5.91 Å². The zero-order chi connectivity index (χ0) is 57.9. The lowest BCUT2D eigenvalue weighted by Gasteiger charge is -2.46. The quantitative estimate of drug-likeness (QED) is 0.0608. The van der Waals surface area contributed by atoms with Gasteiger partial charge >= 0.3 is 0 Å². The van der Waals surface area contributed by atoms with E-state index in [0.29, 0.717) is 64.8 Å². The van der Waals surface area contributed by atoms with Crippen LogP contribution in [-0.2, 0) is 42.7 Å². The van der Waals surface area contributed by atoms with Gasteiger partial charge in [-0.1, -0.05) is 215 Å². The number of rotatable bonds is 57. The van der Waals surface area contributed by atoms with Crippen molar-refractivity contribution in [2.45, 2.75) is 322 Å². The number of hydrogen-bond donors (Lipinski definition) is 2. The molecule has 1 aromatic carbocycles. The van der Waals surface area contributed by atoms with E-state index in [4.69, 9.17) is 37.9 Å². The third-order valence-corrected chi connectivity index (χ3v) is 15.4. The van der Waals surface area contributed by atoms with E-state index in [-0.39, 0.29) is 24.5 Å². The molecule has 0 radical (unpaired) electrons. The number of halogens is 1. The van der Waals surface area contributed by atoms with Crippen LogP contribution in [0.1, 0.15) is 284 Å². The fourth-order valence-corrected chi connectivity index (χ4v) is 10.3. The van der Waals surface area contributed by atoms with Crippen LogP contribution in [0, 0.1) is 5.82 Å². The van der Waals surface area contributed by atoms with Crippen molar-refractivity contribution in [2.24, 2.45) is 0 Å². The highest BCUT2D eigenvalue weighted by molar-refractivity contribution is 5.94. The number of carbonyl (C=O) groups is 2. The summed E-state index contributed by atoms with van der Waals surface area (Å²) in [5, 5.41) is 6.40. The molecule has 12 nitrogen and oxygen atoms in total. The van der Waals surface area contributed by atoms with E-state index in [9.17, 15) is 14.0 Å². The lowest BCUT2D eigenvalue weighted by Crippen LogP contribution is -2.63. The predicted octanol–water partition coefficient (Wildman–Crippen LogP) is 16.5. The molecule has 1 aliphatic rings. The highest BCUT2D eigenvalue weighted by atomic mass is 19.1. The van der Waals surface area contributed by atoms with Crippen LogP contribution in [0.5, 0.6) is 0 Å². The number of unbranched alkanes of at least 4 members (excludes halogenated alkanes) is 25. The average Bonchev–Trinajstić information content (AvgIpc) is 3.47. The zero-order valence-electron chi connectivity index (χ0n) is 52.5. The van der Waals surface area contributed by atoms with E-state index < -0.39 is 48.7 Å². The highest BCUT2D eigenvalue weighted by Crippen LogP contribution is 2.31. The topological polar surface area (TPSA) is 132 Å². The van der Waals surface area contributed by atoms with E-state index in [1.807, 2.05) is 0 Å². The Morgan fingerprint density at radius 2 is 1.01 bits per heavy atom. The van der Waals surface area contributed by atoms with Crippen LogP contribution in [0.25, 0.3) is 0 Å². The summed E-state index contributed by atoms with van der Waals surface area (Å²) in [7, 11) is 0. The van der Waals surface area contributed by atoms with Crippen molar-refractivity contribution >= 4 is 11.8 Å². The van der Waals surface area contributed by atoms with Gasteiger partial charge in [0.25, 0.3) is 5.91 Å². The van der Waals surface area contributed by atoms with Gasteiger partial charge in [0, 0.05) is 58.2 Å². The highest BCUT2D eigenvalue weighted by Gasteiger charge is 2.49. The number of ether oxygens (including phenoxy) is 8. The number of nitrogens with one attached hydrogen (secondary N) is 2. The Hall–Kier alpha value is -2.23. The minimum Gasteiger partial charge on any atom is -0.379 e. The second kappa shape index (κ2) is 52.3. The molecule has 80 heavy (non-hydrogen) atoms. The predicted molar refractivity (Wildman–Crippen MR) is 326 cm³/mol. The summed E-state index contributed by atoms with van der Waals surface area (Å²) in [6, 6.07) is 5.30. The van der Waals surface area contributed by atoms with Crippen LogP contribution in [0.2, 0.25) is 0 Å². The first-order valence-electron chi connectivity index (χ1n) is 33.5. The molecule has 2 unspecified atom stereocenters. The van der Waals surface area contributed by atoms with Gasteiger partial charge in [0.15, 0.2) is 6.29 Å². The molecule has 0 spiro atoms. The van der Waals surface area contributed by atoms with Crippen molar-refractivity contribution in [1.29, 1.82) is 0 Å². The average molecular weight is 1140 g/mol. The minimum atomic E-state index is -0.802. The Morgan fingerprint density at radius 1 is 0.525 bits per heavy atom. The van der Waals surface area contributed by atoms with E-state index in [1.54, 1.807) is 12.1 Å². The second-order valence-corrected chi connectivity index (χ2v) is 22.9. The SMILES string of the molecule is CCCCCCCCCCCCCC[C@@H](OCCCC)[C@@H](OCCCC)[C@H](CO[C@H]1OC(COCCCC)[C@H](OCCCC)[C@H](OCCCC)C1OCCCC)NC(=O)CCCCCCCCCCCNC(=O)c1cccc(F)c1. The van der Waals surface area contributed by atoms with Crippen molar-refractivity contribution in [3.05, 3.63) is 35.6 Å². The second-order valence-electron chi connectivity index (χ2n) is 22.9. The molecule has 468 valence electrons. The summed E-state index contributed by atoms with van der Waals surface area (Å²) in [5.41, 5.74) is 0.353. The summed E-state index contributed by atoms with van der Waals surface area (Å²) < 4.78 is 68.0. The smallest absolute Gasteiger partial charge is 0.251 e. The first-order valence-corrected chi connectivity index (χ1v) is 33.5. The molecule has 1 fully saturated rings. The normalized spacial score (nSPS) is 18.6. The number of amides is 2. The molecular formula is C67H123FN2O10. The maximum absolute atomic E-state index is 14.3. The fraction of sp³-hybridized carbons (Fsp3) is 0.881. The lowest BCUT2D eigenvalue weighted by molar-refractivity contribution is -0.325. The first kappa shape index (κ1) is 73.9. The third-order valence-electron chi connectivity index (χ3n) is 15.4. The molecule has 1 aromatic rings. The van der Waals surface area contributed by atoms with E-state index >= 15 is 0 Å². The number of benzene rings is 1. The van der Waals surface area contributed by atoms with Crippen LogP contribution in [0.4, 0.5) is 4.39 Å². The summed E-state index contributed by atoms with van der Waals surface area (Å²) in [6.07, 6.45) is 34.3. The van der Waals surface area contributed by atoms with Crippen molar-refractivity contribution in [2.75, 3.05) is 59.4 Å². The molecule has 1 aliphatic heterocycles. The molecule has 0 aromatic heterocycles. The van der Waals surface area contributed by atoms with Crippen LogP contribution >= 0.6 is 0 Å². The molecule has 8 atom stereocenters. The first-order chi connectivity index (χ1) is 39.3. The van der Waals surface area contributed by atoms with Gasteiger partial charge in [-0.15, -0.1) is 0 Å². The minimum absolute atomic E-state index is 0.00229. The molecule has 13 heteroatoms. The number of carbonyl (C=O) groups excluding carboxylic acids is 2. The molecule has 2 amide bonds. The molecule has 1 heterocycles. The van der Waals surface area contributed by atoms with Gasteiger partial charge < -0.3 is 48.5 Å². The summed E-state index contributed by atoms with van der Waals surface area (Å²) in [5.74, 6) is -0.637. The fourth-order valence-electron chi connectivity index (χ4n) is 10.3. The maximum Gasteiger partial charge on any atom is 0.251 e. The van der Waals surface area contributed by atoms with Gasteiger partial charge in [-0.3, -0.25) is 9.59 Å². The van der Waals surface area contributed by atoms with Gasteiger partial charge in [0.1, 0.15) is 36.3 Å². The molecular weight excluding hydrogens is 1010 g/mol. The van der Waals surface area contributed by atoms with Gasteiger partial charge in [-0.05, 0) is 76.0 Å². The van der Waals surface area contributed by atoms with Gasteiger partial charge in [-0.2, -0.15) is 0 Å². The lowest BCUT2D eigenvalue weighted by atomic mass is 9.97. The third kappa shape index (κ3) is 35.8. The van der Waals surface area contributed by atoms with E-state index in [0.717, 1.165) is 154 Å². The largest absolute Gasteiger partial charge is 0.379 e. The molecule has 2 rings (SSSR count).